The van der Waals surface area contributed by atoms with Gasteiger partial charge in [-0.1, -0.05) is 39.8 Å². The summed E-state index contributed by atoms with van der Waals surface area (Å²) in [6, 6.07) is 0. The zero-order valence-electron chi connectivity index (χ0n) is 8.14. The highest BCUT2D eigenvalue weighted by molar-refractivity contribution is 4.88. The first kappa shape index (κ1) is 10.7. The molecule has 0 aromatic rings. The minimum absolute atomic E-state index is 0.556. The summed E-state index contributed by atoms with van der Waals surface area (Å²) in [7, 11) is 0. The molecule has 0 fully saturated rings. The lowest BCUT2D eigenvalue weighted by Crippen LogP contribution is -1.91. The molecule has 0 nitrogen and oxygen atoms in total. The van der Waals surface area contributed by atoms with Crippen molar-refractivity contribution in [3.05, 3.63) is 19.1 Å². The van der Waals surface area contributed by atoms with Crippen molar-refractivity contribution in [1.82, 2.24) is 0 Å². The highest BCUT2D eigenvalue weighted by Crippen LogP contribution is 2.10. The number of hydrogen-bond donors (Lipinski definition) is 0. The molecule has 0 aliphatic rings. The maximum Gasteiger partial charge on any atom is -0.0239 e. The molecule has 11 heavy (non-hydrogen) atoms. The van der Waals surface area contributed by atoms with Gasteiger partial charge in [-0.25, -0.2) is 0 Å². The average molecular weight is 153 g/mol. The molecule has 0 aliphatic carbocycles. The van der Waals surface area contributed by atoms with Gasteiger partial charge in [-0.05, 0) is 31.1 Å². The van der Waals surface area contributed by atoms with E-state index in [1.165, 1.54) is 12.8 Å². The Bertz CT molecular complexity index is 96.6. The van der Waals surface area contributed by atoms with Gasteiger partial charge < -0.3 is 0 Å². The third-order valence-corrected chi connectivity index (χ3v) is 2.00. The SMILES string of the molecule is [CH2]C(C)C/C=C/C(CC)CC. The lowest BCUT2D eigenvalue weighted by atomic mass is 10.0. The van der Waals surface area contributed by atoms with Gasteiger partial charge in [0.15, 0.2) is 0 Å². The Morgan fingerprint density at radius 1 is 1.27 bits per heavy atom. The molecule has 1 radical (unpaired) electrons. The molecule has 0 heteroatoms. The molecule has 0 N–H and O–H groups in total. The van der Waals surface area contributed by atoms with Gasteiger partial charge in [-0.2, -0.15) is 0 Å². The normalized spacial score (nSPS) is 12.2. The van der Waals surface area contributed by atoms with E-state index in [2.05, 4.69) is 39.8 Å². The predicted octanol–water partition coefficient (Wildman–Crippen LogP) is 3.84. The van der Waals surface area contributed by atoms with Gasteiger partial charge in [-0.3, -0.25) is 0 Å². The molecule has 0 bridgehead atoms. The van der Waals surface area contributed by atoms with Crippen molar-refractivity contribution in [2.75, 3.05) is 0 Å². The fraction of sp³-hybridized carbons (Fsp3) is 0.727. The van der Waals surface area contributed by atoms with Crippen molar-refractivity contribution in [3.8, 4) is 0 Å². The second kappa shape index (κ2) is 6.45. The van der Waals surface area contributed by atoms with Crippen LogP contribution in [0, 0.1) is 18.8 Å². The molecule has 0 aromatic carbocycles. The summed E-state index contributed by atoms with van der Waals surface area (Å²) in [6.07, 6.45) is 8.25. The Labute approximate surface area is 71.7 Å². The second-order valence-corrected chi connectivity index (χ2v) is 3.35. The first-order chi connectivity index (χ1) is 5.20. The molecule has 0 aromatic heterocycles. The van der Waals surface area contributed by atoms with Crippen LogP contribution in [0.5, 0.6) is 0 Å². The number of hydrogen-bond acceptors (Lipinski definition) is 0. The average Bonchev–Trinajstić information content (AvgIpc) is 1.98. The van der Waals surface area contributed by atoms with Crippen LogP contribution in [0.4, 0.5) is 0 Å². The van der Waals surface area contributed by atoms with Gasteiger partial charge in [0.05, 0.1) is 0 Å². The van der Waals surface area contributed by atoms with Gasteiger partial charge in [0.25, 0.3) is 0 Å². The summed E-state index contributed by atoms with van der Waals surface area (Å²) >= 11 is 0. The van der Waals surface area contributed by atoms with Crippen molar-refractivity contribution in [2.45, 2.75) is 40.0 Å². The summed E-state index contributed by atoms with van der Waals surface area (Å²) in [6.45, 7) is 10.6. The molecular weight excluding hydrogens is 132 g/mol. The first-order valence-corrected chi connectivity index (χ1v) is 4.70. The zero-order valence-corrected chi connectivity index (χ0v) is 8.14. The van der Waals surface area contributed by atoms with Crippen LogP contribution in [0.3, 0.4) is 0 Å². The van der Waals surface area contributed by atoms with Crippen molar-refractivity contribution >= 4 is 0 Å². The van der Waals surface area contributed by atoms with E-state index in [0.717, 1.165) is 12.3 Å². The maximum atomic E-state index is 3.94. The Balaban J connectivity index is 3.53. The molecular formula is C11H21. The van der Waals surface area contributed by atoms with E-state index in [1.54, 1.807) is 0 Å². The van der Waals surface area contributed by atoms with Crippen molar-refractivity contribution in [1.29, 1.82) is 0 Å². The van der Waals surface area contributed by atoms with Crippen LogP contribution in [-0.4, -0.2) is 0 Å². The molecule has 0 rings (SSSR count). The highest BCUT2D eigenvalue weighted by Gasteiger charge is 1.96. The fourth-order valence-corrected chi connectivity index (χ4v) is 1.06. The molecule has 1 unspecified atom stereocenters. The van der Waals surface area contributed by atoms with Crippen LogP contribution >= 0.6 is 0 Å². The van der Waals surface area contributed by atoms with E-state index in [1.807, 2.05) is 0 Å². The van der Waals surface area contributed by atoms with Gasteiger partial charge >= 0.3 is 0 Å². The maximum absolute atomic E-state index is 3.94. The van der Waals surface area contributed by atoms with Crippen LogP contribution in [0.25, 0.3) is 0 Å². The molecule has 0 amide bonds. The molecule has 0 heterocycles. The quantitative estimate of drug-likeness (QED) is 0.526. The highest BCUT2D eigenvalue weighted by atomic mass is 14.0. The minimum atomic E-state index is 0.556. The van der Waals surface area contributed by atoms with Crippen LogP contribution in [0.1, 0.15) is 40.0 Å². The summed E-state index contributed by atoms with van der Waals surface area (Å²) in [5.74, 6) is 1.34. The number of allylic oxidation sites excluding steroid dienone is 2. The number of rotatable bonds is 5. The summed E-state index contributed by atoms with van der Waals surface area (Å²) in [4.78, 5) is 0. The largest absolute Gasteiger partial charge is 0.0880 e. The first-order valence-electron chi connectivity index (χ1n) is 4.70. The summed E-state index contributed by atoms with van der Waals surface area (Å²) in [5.41, 5.74) is 0. The topological polar surface area (TPSA) is 0 Å². The van der Waals surface area contributed by atoms with E-state index >= 15 is 0 Å². The lowest BCUT2D eigenvalue weighted by molar-refractivity contribution is 0.601. The van der Waals surface area contributed by atoms with Crippen LogP contribution in [0.15, 0.2) is 12.2 Å². The van der Waals surface area contributed by atoms with Gasteiger partial charge in [0, 0.05) is 0 Å². The molecule has 1 atom stereocenters. The molecule has 0 saturated carbocycles. The van der Waals surface area contributed by atoms with Crippen LogP contribution in [-0.2, 0) is 0 Å². The van der Waals surface area contributed by atoms with Gasteiger partial charge in [-0.15, -0.1) is 0 Å². The Morgan fingerprint density at radius 2 is 1.82 bits per heavy atom. The van der Waals surface area contributed by atoms with Crippen molar-refractivity contribution < 1.29 is 0 Å². The minimum Gasteiger partial charge on any atom is -0.0880 e. The monoisotopic (exact) mass is 153 g/mol. The van der Waals surface area contributed by atoms with E-state index in [0.29, 0.717) is 5.92 Å². The van der Waals surface area contributed by atoms with E-state index < -0.39 is 0 Å². The van der Waals surface area contributed by atoms with Crippen molar-refractivity contribution in [2.24, 2.45) is 11.8 Å². The third-order valence-electron chi connectivity index (χ3n) is 2.00. The van der Waals surface area contributed by atoms with Gasteiger partial charge in [0.1, 0.15) is 0 Å². The van der Waals surface area contributed by atoms with E-state index in [-0.39, 0.29) is 0 Å². The van der Waals surface area contributed by atoms with E-state index in [9.17, 15) is 0 Å². The molecule has 0 saturated heterocycles. The lowest BCUT2D eigenvalue weighted by Gasteiger charge is -2.05. The van der Waals surface area contributed by atoms with Crippen molar-refractivity contribution in [3.63, 3.8) is 0 Å². The molecule has 65 valence electrons. The summed E-state index contributed by atoms with van der Waals surface area (Å²) < 4.78 is 0. The molecule has 0 aliphatic heterocycles. The van der Waals surface area contributed by atoms with Crippen LogP contribution in [0.2, 0.25) is 0 Å². The fourth-order valence-electron chi connectivity index (χ4n) is 1.06. The Morgan fingerprint density at radius 3 is 2.18 bits per heavy atom. The standard InChI is InChI=1S/C11H21/c1-5-11(6-2)9-7-8-10(3)4/h7,9-11H,3,5-6,8H2,1-2,4H3/b9-7+. The van der Waals surface area contributed by atoms with E-state index in [4.69, 9.17) is 0 Å². The van der Waals surface area contributed by atoms with Crippen LogP contribution < -0.4 is 0 Å². The Kier molecular flexibility index (Phi) is 6.30. The Hall–Kier alpha value is -0.260. The predicted molar refractivity (Wildman–Crippen MR) is 52.4 cm³/mol. The van der Waals surface area contributed by atoms with Gasteiger partial charge in [0.2, 0.25) is 0 Å². The zero-order chi connectivity index (χ0) is 8.69. The molecule has 0 spiro atoms. The third kappa shape index (κ3) is 6.15. The second-order valence-electron chi connectivity index (χ2n) is 3.35. The summed E-state index contributed by atoms with van der Waals surface area (Å²) in [5, 5.41) is 0. The smallest absolute Gasteiger partial charge is 0.0239 e.